The van der Waals surface area contributed by atoms with Crippen LogP contribution in [0.5, 0.6) is 0 Å². The van der Waals surface area contributed by atoms with Crippen molar-refractivity contribution in [2.75, 3.05) is 0 Å². The summed E-state index contributed by atoms with van der Waals surface area (Å²) < 4.78 is 0. The van der Waals surface area contributed by atoms with Crippen LogP contribution in [0.4, 0.5) is 0 Å². The lowest BCUT2D eigenvalue weighted by molar-refractivity contribution is 0.540. The first-order valence-corrected chi connectivity index (χ1v) is 8.16. The van der Waals surface area contributed by atoms with Gasteiger partial charge in [-0.15, -0.1) is 0 Å². The lowest BCUT2D eigenvalue weighted by Crippen LogP contribution is -2.19. The van der Waals surface area contributed by atoms with Crippen molar-refractivity contribution in [2.24, 2.45) is 5.92 Å². The Morgan fingerprint density at radius 2 is 1.70 bits per heavy atom. The van der Waals surface area contributed by atoms with E-state index in [-0.39, 0.29) is 0 Å². The monoisotopic (exact) mass is 158 g/mol. The predicted molar refractivity (Wildman–Crippen MR) is 52.2 cm³/mol. The highest BCUT2D eigenvalue weighted by molar-refractivity contribution is 6.76. The van der Waals surface area contributed by atoms with Gasteiger partial charge in [-0.2, -0.15) is 0 Å². The van der Waals surface area contributed by atoms with Crippen LogP contribution in [-0.4, -0.2) is 8.07 Å². The van der Waals surface area contributed by atoms with Crippen LogP contribution >= 0.6 is 0 Å². The van der Waals surface area contributed by atoms with Crippen LogP contribution in [-0.2, 0) is 0 Å². The molecule has 0 spiro atoms. The van der Waals surface area contributed by atoms with E-state index in [1.807, 2.05) is 0 Å². The summed E-state index contributed by atoms with van der Waals surface area (Å²) in [5.41, 5.74) is 0. The van der Waals surface area contributed by atoms with Crippen LogP contribution in [0.3, 0.4) is 0 Å². The maximum atomic E-state index is 2.45. The highest BCUT2D eigenvalue weighted by Crippen LogP contribution is 2.17. The third-order valence-electron chi connectivity index (χ3n) is 2.08. The highest BCUT2D eigenvalue weighted by atomic mass is 28.3. The second-order valence-corrected chi connectivity index (χ2v) is 10.2. The van der Waals surface area contributed by atoms with E-state index in [0.717, 1.165) is 5.92 Å². The molecule has 0 rings (SSSR count). The molecule has 0 saturated heterocycles. The molecule has 0 N–H and O–H groups in total. The molecule has 0 aromatic rings. The first kappa shape index (κ1) is 10.2. The molecule has 0 aliphatic carbocycles. The van der Waals surface area contributed by atoms with Crippen molar-refractivity contribution in [3.05, 3.63) is 0 Å². The van der Waals surface area contributed by atoms with Crippen LogP contribution in [0.25, 0.3) is 0 Å². The molecule has 0 aromatic carbocycles. The molecule has 62 valence electrons. The number of hydrogen-bond donors (Lipinski definition) is 0. The topological polar surface area (TPSA) is 0 Å². The minimum absolute atomic E-state index is 0.736. The van der Waals surface area contributed by atoms with Gasteiger partial charge in [0.2, 0.25) is 0 Å². The molecule has 1 heteroatoms. The van der Waals surface area contributed by atoms with Crippen LogP contribution in [0.1, 0.15) is 26.7 Å². The van der Waals surface area contributed by atoms with Gasteiger partial charge in [-0.1, -0.05) is 52.4 Å². The summed E-state index contributed by atoms with van der Waals surface area (Å²) in [7, 11) is -0.736. The van der Waals surface area contributed by atoms with Gasteiger partial charge in [0.05, 0.1) is 0 Å². The molecule has 0 bridgehead atoms. The van der Waals surface area contributed by atoms with E-state index < -0.39 is 8.07 Å². The molecule has 0 aliphatic rings. The maximum absolute atomic E-state index is 2.45. The Balaban J connectivity index is 3.36. The molecule has 1 unspecified atom stereocenters. The van der Waals surface area contributed by atoms with E-state index in [1.54, 1.807) is 0 Å². The fourth-order valence-corrected chi connectivity index (χ4v) is 2.24. The fourth-order valence-electron chi connectivity index (χ4n) is 0.884. The van der Waals surface area contributed by atoms with Crippen LogP contribution in [0.2, 0.25) is 25.7 Å². The van der Waals surface area contributed by atoms with E-state index in [2.05, 4.69) is 33.5 Å². The Labute approximate surface area is 67.0 Å². The summed E-state index contributed by atoms with van der Waals surface area (Å²) in [4.78, 5) is 0. The zero-order valence-corrected chi connectivity index (χ0v) is 9.20. The van der Waals surface area contributed by atoms with Crippen LogP contribution in [0.15, 0.2) is 0 Å². The van der Waals surface area contributed by atoms with E-state index in [1.165, 1.54) is 18.9 Å². The van der Waals surface area contributed by atoms with Crippen molar-refractivity contribution in [1.29, 1.82) is 0 Å². The molecule has 0 nitrogen and oxygen atoms in total. The summed E-state index contributed by atoms with van der Waals surface area (Å²) in [6.45, 7) is 12.0. The molecule has 0 amide bonds. The van der Waals surface area contributed by atoms with E-state index in [9.17, 15) is 0 Å². The van der Waals surface area contributed by atoms with Gasteiger partial charge >= 0.3 is 0 Å². The van der Waals surface area contributed by atoms with Gasteiger partial charge in [-0.05, 0) is 5.92 Å². The van der Waals surface area contributed by atoms with E-state index in [4.69, 9.17) is 0 Å². The number of rotatable bonds is 4. The molecule has 0 radical (unpaired) electrons. The minimum atomic E-state index is -0.736. The minimum Gasteiger partial charge on any atom is -0.0695 e. The third kappa shape index (κ3) is 6.34. The largest absolute Gasteiger partial charge is 0.0695 e. The Morgan fingerprint density at radius 3 is 2.00 bits per heavy atom. The van der Waals surface area contributed by atoms with Gasteiger partial charge < -0.3 is 0 Å². The molecule has 1 atom stereocenters. The van der Waals surface area contributed by atoms with Crippen molar-refractivity contribution in [3.63, 3.8) is 0 Å². The Morgan fingerprint density at radius 1 is 1.20 bits per heavy atom. The Kier molecular flexibility index (Phi) is 4.26. The molecule has 0 aromatic heterocycles. The Bertz CT molecular complexity index is 81.2. The van der Waals surface area contributed by atoms with Gasteiger partial charge in [-0.25, -0.2) is 0 Å². The van der Waals surface area contributed by atoms with Crippen LogP contribution < -0.4 is 0 Å². The lowest BCUT2D eigenvalue weighted by atomic mass is 10.1. The summed E-state index contributed by atoms with van der Waals surface area (Å²) in [6, 6.07) is 1.50. The summed E-state index contributed by atoms with van der Waals surface area (Å²) in [5, 5.41) is 0. The van der Waals surface area contributed by atoms with Crippen LogP contribution in [0, 0.1) is 5.92 Å². The quantitative estimate of drug-likeness (QED) is 0.546. The van der Waals surface area contributed by atoms with E-state index in [0.29, 0.717) is 0 Å². The zero-order valence-electron chi connectivity index (χ0n) is 8.20. The average molecular weight is 158 g/mol. The molecule has 0 aliphatic heterocycles. The normalized spacial score (nSPS) is 15.3. The first-order valence-electron chi connectivity index (χ1n) is 4.45. The third-order valence-corrected chi connectivity index (χ3v) is 3.87. The predicted octanol–water partition coefficient (Wildman–Crippen LogP) is 3.76. The molecule has 0 heterocycles. The smallest absolute Gasteiger partial charge is 0.0442 e. The van der Waals surface area contributed by atoms with Crippen molar-refractivity contribution in [3.8, 4) is 0 Å². The van der Waals surface area contributed by atoms with Crippen molar-refractivity contribution >= 4 is 8.07 Å². The average Bonchev–Trinajstić information content (AvgIpc) is 1.81. The zero-order chi connectivity index (χ0) is 8.20. The molecule has 0 fully saturated rings. The van der Waals surface area contributed by atoms with E-state index >= 15 is 0 Å². The first-order chi connectivity index (χ1) is 4.45. The van der Waals surface area contributed by atoms with Crippen molar-refractivity contribution in [1.82, 2.24) is 0 Å². The second kappa shape index (κ2) is 4.17. The maximum Gasteiger partial charge on any atom is 0.0442 e. The van der Waals surface area contributed by atoms with Crippen molar-refractivity contribution < 1.29 is 0 Å². The van der Waals surface area contributed by atoms with Gasteiger partial charge in [0.1, 0.15) is 0 Å². The van der Waals surface area contributed by atoms with Crippen molar-refractivity contribution in [2.45, 2.75) is 52.4 Å². The van der Waals surface area contributed by atoms with Gasteiger partial charge in [0.25, 0.3) is 0 Å². The summed E-state index contributed by atoms with van der Waals surface area (Å²) >= 11 is 0. The molecule has 0 saturated carbocycles. The summed E-state index contributed by atoms with van der Waals surface area (Å²) in [6.07, 6.45) is 2.80. The highest BCUT2D eigenvalue weighted by Gasteiger charge is 2.13. The standard InChI is InChI=1S/C9H22Si/c1-6-9(2)7-8-10(3,4)5/h9H,6-8H2,1-5H3. The molecular weight excluding hydrogens is 136 g/mol. The lowest BCUT2D eigenvalue weighted by Gasteiger charge is -2.17. The molecular formula is C9H22Si. The summed E-state index contributed by atoms with van der Waals surface area (Å²) in [5.74, 6) is 0.951. The number of hydrogen-bond acceptors (Lipinski definition) is 0. The SMILES string of the molecule is CCC(C)CC[Si](C)(C)C. The van der Waals surface area contributed by atoms with Gasteiger partial charge in [0, 0.05) is 8.07 Å². The van der Waals surface area contributed by atoms with Gasteiger partial charge in [0.15, 0.2) is 0 Å². The second-order valence-electron chi connectivity index (χ2n) is 4.61. The molecule has 10 heavy (non-hydrogen) atoms. The Hall–Kier alpha value is 0.217. The fraction of sp³-hybridized carbons (Fsp3) is 1.00. The van der Waals surface area contributed by atoms with Gasteiger partial charge in [-0.3, -0.25) is 0 Å².